The predicted molar refractivity (Wildman–Crippen MR) is 176 cm³/mol. The van der Waals surface area contributed by atoms with E-state index in [2.05, 4.69) is 59.4 Å². The normalized spacial score (nSPS) is 25.7. The number of benzene rings is 3. The van der Waals surface area contributed by atoms with Gasteiger partial charge in [-0.3, -0.25) is 9.89 Å². The number of nitrogens with one attached hydrogen (secondary N) is 1. The molecular weight excluding hydrogens is 566 g/mol. The lowest BCUT2D eigenvalue weighted by atomic mass is 9.65. The maximum atomic E-state index is 14.3. The number of hydrogen-bond acceptors (Lipinski definition) is 6. The SMILES string of the molecule is CC1=CCC[C@@]2(C)[C@@H](CC[C@@]2(O)CSc2ncn[nH]2)c2ccc(cc2C(=O)c2ccc(-c3ccccc3)cc2)C[C@@H](O)CC1. The molecule has 0 amide bonds. The largest absolute Gasteiger partial charge is 0.393 e. The minimum atomic E-state index is -0.958. The van der Waals surface area contributed by atoms with Gasteiger partial charge in [-0.1, -0.05) is 97.1 Å². The minimum Gasteiger partial charge on any atom is -0.393 e. The maximum Gasteiger partial charge on any atom is 0.193 e. The molecule has 0 spiro atoms. The van der Waals surface area contributed by atoms with Crippen molar-refractivity contribution in [3.63, 3.8) is 0 Å². The van der Waals surface area contributed by atoms with Gasteiger partial charge in [0.2, 0.25) is 0 Å². The van der Waals surface area contributed by atoms with Crippen molar-refractivity contribution in [1.29, 1.82) is 0 Å². The summed E-state index contributed by atoms with van der Waals surface area (Å²) < 4.78 is 0. The molecule has 4 atom stereocenters. The van der Waals surface area contributed by atoms with E-state index >= 15 is 0 Å². The molecule has 6 nitrogen and oxygen atoms in total. The summed E-state index contributed by atoms with van der Waals surface area (Å²) in [5, 5.41) is 30.8. The van der Waals surface area contributed by atoms with E-state index in [1.54, 1.807) is 0 Å². The molecule has 1 aromatic heterocycles. The first-order valence-electron chi connectivity index (χ1n) is 15.6. The predicted octanol–water partition coefficient (Wildman–Crippen LogP) is 7.53. The van der Waals surface area contributed by atoms with E-state index in [1.165, 1.54) is 23.7 Å². The molecule has 3 aliphatic rings. The molecule has 228 valence electrons. The molecular formula is C37H41N3O3S. The Balaban J connectivity index is 1.40. The number of carbonyl (C=O) groups is 1. The molecule has 3 aromatic carbocycles. The van der Waals surface area contributed by atoms with E-state index in [0.717, 1.165) is 47.9 Å². The van der Waals surface area contributed by atoms with Crippen molar-refractivity contribution in [3.8, 4) is 11.1 Å². The lowest BCUT2D eigenvalue weighted by Gasteiger charge is -2.44. The Hall–Kier alpha value is -3.52. The summed E-state index contributed by atoms with van der Waals surface area (Å²) in [6.07, 6.45) is 8.31. The Labute approximate surface area is 264 Å². The fourth-order valence-electron chi connectivity index (χ4n) is 7.23. The molecule has 2 bridgehead atoms. The average molecular weight is 608 g/mol. The number of allylic oxidation sites excluding steroid dienone is 2. The highest BCUT2D eigenvalue weighted by Gasteiger charge is 2.56. The summed E-state index contributed by atoms with van der Waals surface area (Å²) in [6, 6.07) is 24.2. The van der Waals surface area contributed by atoms with Crippen LogP contribution in [0.15, 0.2) is 95.9 Å². The number of carbonyl (C=O) groups excluding carboxylic acids is 1. The Kier molecular flexibility index (Phi) is 8.90. The van der Waals surface area contributed by atoms with Gasteiger partial charge in [-0.05, 0) is 86.1 Å². The smallest absolute Gasteiger partial charge is 0.193 e. The lowest BCUT2D eigenvalue weighted by Crippen LogP contribution is -2.46. The zero-order valence-corrected chi connectivity index (χ0v) is 26.3. The molecule has 0 saturated heterocycles. The molecule has 3 aliphatic carbocycles. The van der Waals surface area contributed by atoms with Crippen molar-refractivity contribution < 1.29 is 15.0 Å². The van der Waals surface area contributed by atoms with Crippen molar-refractivity contribution in [2.24, 2.45) is 5.41 Å². The van der Waals surface area contributed by atoms with Crippen molar-refractivity contribution >= 4 is 17.5 Å². The summed E-state index contributed by atoms with van der Waals surface area (Å²) in [7, 11) is 0. The highest BCUT2D eigenvalue weighted by atomic mass is 32.2. The van der Waals surface area contributed by atoms with Gasteiger partial charge in [0.1, 0.15) is 6.33 Å². The third-order valence-corrected chi connectivity index (χ3v) is 11.1. The Morgan fingerprint density at radius 3 is 2.55 bits per heavy atom. The number of ketones is 1. The number of thioether (sulfide) groups is 1. The van der Waals surface area contributed by atoms with Crippen LogP contribution in [-0.4, -0.2) is 48.6 Å². The van der Waals surface area contributed by atoms with Gasteiger partial charge in [-0.25, -0.2) is 4.98 Å². The number of aromatic amines is 1. The van der Waals surface area contributed by atoms with E-state index in [0.29, 0.717) is 41.3 Å². The minimum absolute atomic E-state index is 0.0130. The molecule has 4 aromatic rings. The molecule has 1 saturated carbocycles. The zero-order chi connectivity index (χ0) is 30.7. The number of aromatic nitrogens is 3. The summed E-state index contributed by atoms with van der Waals surface area (Å²) in [5.41, 5.74) is 5.26. The number of aliphatic hydroxyl groups excluding tert-OH is 1. The van der Waals surface area contributed by atoms with E-state index in [1.807, 2.05) is 48.5 Å². The Morgan fingerprint density at radius 1 is 1.02 bits per heavy atom. The number of rotatable bonds is 6. The first-order valence-corrected chi connectivity index (χ1v) is 16.6. The van der Waals surface area contributed by atoms with Crippen LogP contribution in [0.25, 0.3) is 11.1 Å². The quantitative estimate of drug-likeness (QED) is 0.119. The molecule has 1 fully saturated rings. The van der Waals surface area contributed by atoms with Gasteiger partial charge in [0.05, 0.1) is 11.7 Å². The van der Waals surface area contributed by atoms with Crippen molar-refractivity contribution in [3.05, 3.63) is 113 Å². The molecule has 7 heteroatoms. The van der Waals surface area contributed by atoms with Gasteiger partial charge >= 0.3 is 0 Å². The van der Waals surface area contributed by atoms with E-state index < -0.39 is 17.1 Å². The van der Waals surface area contributed by atoms with Crippen LogP contribution in [0.5, 0.6) is 0 Å². The van der Waals surface area contributed by atoms with Gasteiger partial charge in [-0.2, -0.15) is 5.10 Å². The molecule has 0 unspecified atom stereocenters. The van der Waals surface area contributed by atoms with Gasteiger partial charge in [0, 0.05) is 22.3 Å². The number of fused-ring (bicyclic) bond motifs is 8. The van der Waals surface area contributed by atoms with Crippen LogP contribution < -0.4 is 0 Å². The fourth-order valence-corrected chi connectivity index (χ4v) is 8.31. The zero-order valence-electron chi connectivity index (χ0n) is 25.5. The van der Waals surface area contributed by atoms with Crippen LogP contribution in [0, 0.1) is 5.41 Å². The summed E-state index contributed by atoms with van der Waals surface area (Å²) >= 11 is 1.50. The van der Waals surface area contributed by atoms with Crippen LogP contribution in [0.1, 0.15) is 85.3 Å². The highest BCUT2D eigenvalue weighted by Crippen LogP contribution is 2.59. The molecule has 0 aliphatic heterocycles. The first-order chi connectivity index (χ1) is 21.3. The number of nitrogens with zero attached hydrogens (tertiary/aromatic N) is 2. The molecule has 1 heterocycles. The summed E-state index contributed by atoms with van der Waals surface area (Å²) in [4.78, 5) is 18.6. The fraction of sp³-hybridized carbons (Fsp3) is 0.378. The second-order valence-electron chi connectivity index (χ2n) is 12.8. The first kappa shape index (κ1) is 30.5. The van der Waals surface area contributed by atoms with Gasteiger partial charge < -0.3 is 10.2 Å². The average Bonchev–Trinajstić information content (AvgIpc) is 3.65. The second-order valence-corrected chi connectivity index (χ2v) is 13.8. The summed E-state index contributed by atoms with van der Waals surface area (Å²) in [5.74, 6) is 0.459. The van der Waals surface area contributed by atoms with Crippen molar-refractivity contribution in [2.75, 3.05) is 5.75 Å². The topological polar surface area (TPSA) is 99.1 Å². The molecule has 7 rings (SSSR count). The van der Waals surface area contributed by atoms with Crippen LogP contribution >= 0.6 is 11.8 Å². The van der Waals surface area contributed by atoms with Crippen molar-refractivity contribution in [1.82, 2.24) is 15.2 Å². The standard InChI is InChI=1S/C37H41N3O3S/c1-25-7-6-19-36(2)33(18-20-37(36,43)23-44-35-38-24-39-40-35)31-17-11-26(21-30(41)16-10-25)22-32(31)34(42)29-14-12-28(13-15-29)27-8-4-3-5-9-27/h3-5,7-9,11-15,17,22,24,30,33,41,43H,6,10,16,18-21,23H2,1-2H3,(H,38,39,40)/t30-,33-,36-,37+/m0/s1. The van der Waals surface area contributed by atoms with Gasteiger partial charge in [0.25, 0.3) is 0 Å². The number of hydrogen-bond donors (Lipinski definition) is 3. The van der Waals surface area contributed by atoms with E-state index in [9.17, 15) is 15.0 Å². The van der Waals surface area contributed by atoms with Crippen LogP contribution in [-0.2, 0) is 6.42 Å². The third kappa shape index (κ3) is 6.19. The molecule has 0 radical (unpaired) electrons. The monoisotopic (exact) mass is 607 g/mol. The summed E-state index contributed by atoms with van der Waals surface area (Å²) in [6.45, 7) is 4.34. The van der Waals surface area contributed by atoms with Crippen molar-refractivity contribution in [2.45, 2.75) is 81.6 Å². The maximum absolute atomic E-state index is 14.3. The van der Waals surface area contributed by atoms with Crippen LogP contribution in [0.3, 0.4) is 0 Å². The molecule has 3 N–H and O–H groups in total. The lowest BCUT2D eigenvalue weighted by molar-refractivity contribution is -0.0422. The van der Waals surface area contributed by atoms with Gasteiger partial charge in [-0.15, -0.1) is 0 Å². The van der Waals surface area contributed by atoms with Gasteiger partial charge in [0.15, 0.2) is 10.9 Å². The third-order valence-electron chi connectivity index (χ3n) is 10.0. The number of aliphatic hydroxyl groups is 2. The Morgan fingerprint density at radius 2 is 1.80 bits per heavy atom. The van der Waals surface area contributed by atoms with Crippen LogP contribution in [0.4, 0.5) is 0 Å². The second kappa shape index (κ2) is 12.8. The number of H-pyrrole nitrogens is 1. The van der Waals surface area contributed by atoms with Crippen LogP contribution in [0.2, 0.25) is 0 Å². The van der Waals surface area contributed by atoms with E-state index in [4.69, 9.17) is 0 Å². The van der Waals surface area contributed by atoms with E-state index in [-0.39, 0.29) is 11.7 Å². The highest BCUT2D eigenvalue weighted by molar-refractivity contribution is 7.99. The molecule has 44 heavy (non-hydrogen) atoms. The Bertz CT molecular complexity index is 1620.